The molecule has 0 amide bonds. The lowest BCUT2D eigenvalue weighted by Gasteiger charge is -2.11. The zero-order chi connectivity index (χ0) is 15.8. The van der Waals surface area contributed by atoms with Crippen LogP contribution >= 0.6 is 18.9 Å². The number of carbonyl (C=O) groups excluding carboxylic acids is 1. The second kappa shape index (κ2) is 5.89. The van der Waals surface area contributed by atoms with Crippen molar-refractivity contribution in [1.82, 2.24) is 0 Å². The van der Waals surface area contributed by atoms with Crippen molar-refractivity contribution in [2.24, 2.45) is 0 Å². The molecule has 0 bridgehead atoms. The van der Waals surface area contributed by atoms with Gasteiger partial charge in [-0.05, 0) is 35.1 Å². The summed E-state index contributed by atoms with van der Waals surface area (Å²) in [6.07, 6.45) is -0.756. The van der Waals surface area contributed by atoms with Gasteiger partial charge in [-0.25, -0.2) is 0 Å². The third kappa shape index (κ3) is 3.71. The normalized spacial score (nSPS) is 12.1. The molecule has 0 saturated carbocycles. The first kappa shape index (κ1) is 16.2. The lowest BCUT2D eigenvalue weighted by Crippen LogP contribution is -2.03. The van der Waals surface area contributed by atoms with Crippen LogP contribution in [0.15, 0.2) is 18.2 Å². The molecule has 0 atom stereocenters. The predicted octanol–water partition coefficient (Wildman–Crippen LogP) is 3.39. The Labute approximate surface area is 126 Å². The van der Waals surface area contributed by atoms with Crippen molar-refractivity contribution in [1.29, 1.82) is 0 Å². The quantitative estimate of drug-likeness (QED) is 0.649. The van der Waals surface area contributed by atoms with Gasteiger partial charge in [-0.1, -0.05) is 13.8 Å². The van der Waals surface area contributed by atoms with E-state index in [-0.39, 0.29) is 5.92 Å². The molecule has 2 rings (SSSR count). The molecule has 0 unspecified atom stereocenters. The van der Waals surface area contributed by atoms with Crippen LogP contribution < -0.4 is 4.74 Å². The summed E-state index contributed by atoms with van der Waals surface area (Å²) in [6, 6.07) is 5.51. The minimum Gasteiger partial charge on any atom is -0.496 e. The molecule has 7 heteroatoms. The van der Waals surface area contributed by atoms with Gasteiger partial charge in [0.05, 0.1) is 12.0 Å². The Balaban J connectivity index is 2.46. The van der Waals surface area contributed by atoms with E-state index >= 15 is 0 Å². The van der Waals surface area contributed by atoms with E-state index in [1.54, 1.807) is 13.2 Å². The highest BCUT2D eigenvalue weighted by Gasteiger charge is 2.22. The zero-order valence-electron chi connectivity index (χ0n) is 12.0. The molecule has 21 heavy (non-hydrogen) atoms. The Morgan fingerprint density at radius 3 is 2.52 bits per heavy atom. The van der Waals surface area contributed by atoms with Gasteiger partial charge in [-0.3, -0.25) is 9.36 Å². The first-order valence-corrected chi connectivity index (χ1v) is 9.02. The molecule has 1 heterocycles. The molecular formula is C14H17O5PS. The average molecular weight is 328 g/mol. The van der Waals surface area contributed by atoms with Gasteiger partial charge in [-0.15, -0.1) is 11.3 Å². The van der Waals surface area contributed by atoms with E-state index in [0.717, 1.165) is 21.4 Å². The molecule has 0 aliphatic heterocycles. The topological polar surface area (TPSA) is 83.8 Å². The third-order valence-electron chi connectivity index (χ3n) is 3.12. The van der Waals surface area contributed by atoms with Crippen LogP contribution in [0.3, 0.4) is 0 Å². The van der Waals surface area contributed by atoms with E-state index in [0.29, 0.717) is 4.88 Å². The van der Waals surface area contributed by atoms with E-state index < -0.39 is 19.5 Å². The Morgan fingerprint density at radius 1 is 1.33 bits per heavy atom. The van der Waals surface area contributed by atoms with Crippen LogP contribution in [0.5, 0.6) is 5.75 Å². The number of benzene rings is 1. The number of carbonyl (C=O) groups is 1. The van der Waals surface area contributed by atoms with Crippen molar-refractivity contribution >= 4 is 34.8 Å². The summed E-state index contributed by atoms with van der Waals surface area (Å²) in [5.74, 6) is 0.501. The van der Waals surface area contributed by atoms with Crippen LogP contribution in [0.2, 0.25) is 0 Å². The summed E-state index contributed by atoms with van der Waals surface area (Å²) in [6.45, 7) is 4.10. The fourth-order valence-corrected chi connectivity index (χ4v) is 3.78. The molecule has 0 fully saturated rings. The number of ketones is 1. The van der Waals surface area contributed by atoms with E-state index in [4.69, 9.17) is 14.5 Å². The number of hydrogen-bond donors (Lipinski definition) is 2. The van der Waals surface area contributed by atoms with Crippen LogP contribution in [0.1, 0.15) is 35.0 Å². The van der Waals surface area contributed by atoms with Crippen molar-refractivity contribution in [2.75, 3.05) is 13.3 Å². The maximum absolute atomic E-state index is 11.9. The monoisotopic (exact) mass is 328 g/mol. The van der Waals surface area contributed by atoms with Gasteiger partial charge in [-0.2, -0.15) is 0 Å². The number of hydrogen-bond acceptors (Lipinski definition) is 4. The fraction of sp³-hybridized carbons (Fsp3) is 0.357. The molecule has 0 spiro atoms. The van der Waals surface area contributed by atoms with Crippen molar-refractivity contribution < 1.29 is 23.9 Å². The van der Waals surface area contributed by atoms with Crippen LogP contribution in [-0.2, 0) is 4.57 Å². The Morgan fingerprint density at radius 2 is 2.00 bits per heavy atom. The number of ether oxygens (including phenoxy) is 1. The largest absolute Gasteiger partial charge is 0.496 e. The van der Waals surface area contributed by atoms with Crippen LogP contribution in [0.25, 0.3) is 10.1 Å². The second-order valence-corrected chi connectivity index (χ2v) is 7.87. The molecule has 1 aromatic heterocycles. The highest BCUT2D eigenvalue weighted by molar-refractivity contribution is 7.53. The van der Waals surface area contributed by atoms with Crippen molar-refractivity contribution in [3.8, 4) is 5.75 Å². The number of fused-ring (bicyclic) bond motifs is 1. The van der Waals surface area contributed by atoms with E-state index in [1.165, 1.54) is 11.3 Å². The van der Waals surface area contributed by atoms with Crippen LogP contribution in [0.4, 0.5) is 0 Å². The minimum atomic E-state index is -4.34. The highest BCUT2D eigenvalue weighted by Crippen LogP contribution is 2.38. The van der Waals surface area contributed by atoms with Crippen molar-refractivity contribution in [3.63, 3.8) is 0 Å². The van der Waals surface area contributed by atoms with Crippen LogP contribution in [0, 0.1) is 0 Å². The Bertz CT molecular complexity index is 728. The molecule has 0 saturated heterocycles. The van der Waals surface area contributed by atoms with Gasteiger partial charge in [0.1, 0.15) is 11.9 Å². The Kier molecular flexibility index (Phi) is 4.54. The molecule has 2 N–H and O–H groups in total. The standard InChI is InChI=1S/C14H17O5PS/c1-8(2)10-4-9-5-14(11(15)7-20(16,17)18)21-13(9)6-12(10)19-3/h4-6,8H,7H2,1-3H3,(H2,16,17,18). The average Bonchev–Trinajstić information content (AvgIpc) is 2.77. The third-order valence-corrected chi connectivity index (χ3v) is 4.95. The second-order valence-electron chi connectivity index (χ2n) is 5.14. The molecular weight excluding hydrogens is 311 g/mol. The summed E-state index contributed by atoms with van der Waals surface area (Å²) >= 11 is 1.22. The Hall–Kier alpha value is -1.20. The smallest absolute Gasteiger partial charge is 0.333 e. The first-order valence-electron chi connectivity index (χ1n) is 6.40. The van der Waals surface area contributed by atoms with Gasteiger partial charge in [0.2, 0.25) is 0 Å². The van der Waals surface area contributed by atoms with Crippen molar-refractivity contribution in [3.05, 3.63) is 28.6 Å². The lowest BCUT2D eigenvalue weighted by atomic mass is 10.0. The summed E-state index contributed by atoms with van der Waals surface area (Å²) in [4.78, 5) is 30.0. The molecule has 1 aromatic carbocycles. The fourth-order valence-electron chi connectivity index (χ4n) is 2.12. The summed E-state index contributed by atoms with van der Waals surface area (Å²) in [5, 5.41) is 0.888. The number of Topliss-reactive ketones (excluding diaryl/α,β-unsaturated/α-hetero) is 1. The molecule has 0 aliphatic rings. The van der Waals surface area contributed by atoms with Gasteiger partial charge in [0.15, 0.2) is 5.78 Å². The van der Waals surface area contributed by atoms with Gasteiger partial charge < -0.3 is 14.5 Å². The highest BCUT2D eigenvalue weighted by atomic mass is 32.1. The molecule has 0 radical (unpaired) electrons. The van der Waals surface area contributed by atoms with Crippen molar-refractivity contribution in [2.45, 2.75) is 19.8 Å². The van der Waals surface area contributed by atoms with Crippen LogP contribution in [-0.4, -0.2) is 28.8 Å². The van der Waals surface area contributed by atoms with Gasteiger partial charge in [0, 0.05) is 4.70 Å². The number of methoxy groups -OCH3 is 1. The maximum Gasteiger partial charge on any atom is 0.333 e. The number of thiophene rings is 1. The molecule has 114 valence electrons. The zero-order valence-corrected chi connectivity index (χ0v) is 13.7. The van der Waals surface area contributed by atoms with E-state index in [9.17, 15) is 9.36 Å². The minimum absolute atomic E-state index is 0.276. The van der Waals surface area contributed by atoms with E-state index in [1.807, 2.05) is 12.1 Å². The molecule has 0 aliphatic carbocycles. The maximum atomic E-state index is 11.9. The number of rotatable bonds is 5. The van der Waals surface area contributed by atoms with E-state index in [2.05, 4.69) is 13.8 Å². The molecule has 2 aromatic rings. The SMILES string of the molecule is COc1cc2sc(C(=O)CP(=O)(O)O)cc2cc1C(C)C. The molecule has 5 nitrogen and oxygen atoms in total. The first-order chi connectivity index (χ1) is 9.71. The van der Waals surface area contributed by atoms with Gasteiger partial charge >= 0.3 is 7.60 Å². The lowest BCUT2D eigenvalue weighted by molar-refractivity contribution is 0.101. The predicted molar refractivity (Wildman–Crippen MR) is 83.7 cm³/mol. The summed E-state index contributed by atoms with van der Waals surface area (Å²) in [7, 11) is -2.74. The summed E-state index contributed by atoms with van der Waals surface area (Å²) in [5.41, 5.74) is 1.04. The summed E-state index contributed by atoms with van der Waals surface area (Å²) < 4.78 is 17.2. The van der Waals surface area contributed by atoms with Gasteiger partial charge in [0.25, 0.3) is 0 Å².